The molecule has 0 fully saturated rings. The van der Waals surface area contributed by atoms with Gasteiger partial charge in [-0.3, -0.25) is 4.79 Å². The summed E-state index contributed by atoms with van der Waals surface area (Å²) in [4.78, 5) is 12.3. The molecule has 0 spiro atoms. The van der Waals surface area contributed by atoms with Gasteiger partial charge < -0.3 is 4.74 Å². The van der Waals surface area contributed by atoms with E-state index in [0.717, 1.165) is 32.1 Å². The van der Waals surface area contributed by atoms with Crippen molar-refractivity contribution in [2.45, 2.75) is 79.2 Å². The Morgan fingerprint density at radius 1 is 0.875 bits per heavy atom. The zero-order chi connectivity index (χ0) is 12.8. The summed E-state index contributed by atoms with van der Waals surface area (Å²) in [5, 5.41) is 0. The molecule has 0 aromatic heterocycles. The van der Waals surface area contributed by atoms with Crippen molar-refractivity contribution in [3.05, 3.63) is 0 Å². The lowest BCUT2D eigenvalue weighted by molar-refractivity contribution is -0.172. The van der Waals surface area contributed by atoms with Gasteiger partial charge in [0.1, 0.15) is 5.60 Å². The van der Waals surface area contributed by atoms with E-state index in [4.69, 9.17) is 4.74 Å². The molecule has 0 heterocycles. The van der Waals surface area contributed by atoms with Gasteiger partial charge in [-0.15, -0.1) is 0 Å². The Labute approximate surface area is 101 Å². The molecule has 0 rings (SSSR count). The van der Waals surface area contributed by atoms with Crippen LogP contribution in [0.1, 0.15) is 73.6 Å². The lowest BCUT2D eigenvalue weighted by Gasteiger charge is -2.34. The van der Waals surface area contributed by atoms with E-state index in [2.05, 4.69) is 34.6 Å². The number of carbonyl (C=O) groups excluding carboxylic acids is 1. The number of rotatable bonds is 7. The van der Waals surface area contributed by atoms with Gasteiger partial charge in [-0.05, 0) is 39.0 Å². The monoisotopic (exact) mass is 228 g/mol. The summed E-state index contributed by atoms with van der Waals surface area (Å²) in [5.74, 6) is -0.00815. The predicted octanol–water partition coefficient (Wildman–Crippen LogP) is 4.32. The van der Waals surface area contributed by atoms with Gasteiger partial charge in [-0.25, -0.2) is 0 Å². The van der Waals surface area contributed by atoms with Crippen LogP contribution in [0.15, 0.2) is 0 Å². The van der Waals surface area contributed by atoms with Crippen molar-refractivity contribution in [1.82, 2.24) is 0 Å². The van der Waals surface area contributed by atoms with Crippen molar-refractivity contribution >= 4 is 5.97 Å². The quantitative estimate of drug-likeness (QED) is 0.606. The van der Waals surface area contributed by atoms with Gasteiger partial charge in [-0.2, -0.15) is 0 Å². The highest BCUT2D eigenvalue weighted by molar-refractivity contribution is 5.77. The predicted molar refractivity (Wildman–Crippen MR) is 68.4 cm³/mol. The molecule has 0 bridgehead atoms. The minimum Gasteiger partial charge on any atom is -0.459 e. The van der Waals surface area contributed by atoms with Crippen LogP contribution in [-0.2, 0) is 9.53 Å². The van der Waals surface area contributed by atoms with Crippen LogP contribution in [0.3, 0.4) is 0 Å². The molecule has 2 heteroatoms. The third kappa shape index (κ3) is 3.23. The van der Waals surface area contributed by atoms with Gasteiger partial charge in [0.2, 0.25) is 0 Å². The van der Waals surface area contributed by atoms with Gasteiger partial charge in [0, 0.05) is 0 Å². The van der Waals surface area contributed by atoms with Crippen LogP contribution in [0.5, 0.6) is 0 Å². The van der Waals surface area contributed by atoms with Crippen molar-refractivity contribution in [3.8, 4) is 0 Å². The van der Waals surface area contributed by atoms with Crippen LogP contribution in [-0.4, -0.2) is 11.6 Å². The fourth-order valence-corrected chi connectivity index (χ4v) is 1.91. The lowest BCUT2D eigenvalue weighted by atomic mass is 9.79. The molecule has 0 aromatic rings. The summed E-state index contributed by atoms with van der Waals surface area (Å²) in [6, 6.07) is 0. The maximum absolute atomic E-state index is 12.3. The Morgan fingerprint density at radius 2 is 1.25 bits per heavy atom. The van der Waals surface area contributed by atoms with Crippen molar-refractivity contribution in [1.29, 1.82) is 0 Å². The molecule has 0 saturated heterocycles. The first-order valence-corrected chi connectivity index (χ1v) is 6.67. The first kappa shape index (κ1) is 15.5. The zero-order valence-electron chi connectivity index (χ0n) is 11.9. The van der Waals surface area contributed by atoms with Crippen LogP contribution in [0.25, 0.3) is 0 Å². The zero-order valence-corrected chi connectivity index (χ0v) is 11.9. The fraction of sp³-hybridized carbons (Fsp3) is 0.929. The molecule has 0 saturated carbocycles. The normalized spacial score (nSPS) is 12.6. The standard InChI is InChI=1S/C14H28O2/c1-7-13(6,8-2)16-12(15)14(9-3,10-4)11-5/h7-11H2,1-6H3. The Hall–Kier alpha value is -0.530. The molecule has 2 nitrogen and oxygen atoms in total. The average Bonchev–Trinajstić information content (AvgIpc) is 2.32. The lowest BCUT2D eigenvalue weighted by Crippen LogP contribution is -2.39. The summed E-state index contributed by atoms with van der Waals surface area (Å²) in [5.41, 5.74) is -0.562. The molecule has 0 aliphatic rings. The van der Waals surface area contributed by atoms with Gasteiger partial charge in [0.25, 0.3) is 0 Å². The molecule has 0 radical (unpaired) electrons. The van der Waals surface area contributed by atoms with Gasteiger partial charge in [0.15, 0.2) is 0 Å². The minimum atomic E-state index is -0.290. The molecule has 96 valence electrons. The Bertz CT molecular complexity index is 205. The Kier molecular flexibility index (Phi) is 6.06. The maximum atomic E-state index is 12.3. The van der Waals surface area contributed by atoms with E-state index >= 15 is 0 Å². The molecule has 0 N–H and O–H groups in total. The molecule has 0 aliphatic carbocycles. The summed E-state index contributed by atoms with van der Waals surface area (Å²) in [6.07, 6.45) is 4.35. The number of ether oxygens (including phenoxy) is 1. The average molecular weight is 228 g/mol. The Morgan fingerprint density at radius 3 is 1.50 bits per heavy atom. The molecular formula is C14H28O2. The summed E-state index contributed by atoms with van der Waals surface area (Å²) < 4.78 is 5.74. The highest BCUT2D eigenvalue weighted by Gasteiger charge is 2.38. The molecule has 0 unspecified atom stereocenters. The second kappa shape index (κ2) is 6.27. The fourth-order valence-electron chi connectivity index (χ4n) is 1.91. The molecule has 0 atom stereocenters. The number of esters is 1. The highest BCUT2D eigenvalue weighted by atomic mass is 16.6. The highest BCUT2D eigenvalue weighted by Crippen LogP contribution is 2.34. The van der Waals surface area contributed by atoms with Crippen molar-refractivity contribution in [2.24, 2.45) is 5.41 Å². The van der Waals surface area contributed by atoms with E-state index in [-0.39, 0.29) is 17.0 Å². The molecule has 0 amide bonds. The smallest absolute Gasteiger partial charge is 0.312 e. The van der Waals surface area contributed by atoms with E-state index in [1.807, 2.05) is 6.92 Å². The number of hydrogen-bond donors (Lipinski definition) is 0. The van der Waals surface area contributed by atoms with Gasteiger partial charge in [-0.1, -0.05) is 34.6 Å². The van der Waals surface area contributed by atoms with Crippen LogP contribution in [0.4, 0.5) is 0 Å². The van der Waals surface area contributed by atoms with Crippen LogP contribution in [0, 0.1) is 5.41 Å². The van der Waals surface area contributed by atoms with Crippen LogP contribution in [0.2, 0.25) is 0 Å². The third-order valence-electron chi connectivity index (χ3n) is 4.30. The molecular weight excluding hydrogens is 200 g/mol. The van der Waals surface area contributed by atoms with Crippen LogP contribution < -0.4 is 0 Å². The van der Waals surface area contributed by atoms with E-state index in [0.29, 0.717) is 0 Å². The number of hydrogen-bond acceptors (Lipinski definition) is 2. The van der Waals surface area contributed by atoms with E-state index < -0.39 is 0 Å². The second-order valence-electron chi connectivity index (χ2n) is 4.89. The summed E-state index contributed by atoms with van der Waals surface area (Å²) in [6.45, 7) is 12.4. The minimum absolute atomic E-state index is 0.00815. The largest absolute Gasteiger partial charge is 0.459 e. The molecule has 0 aliphatic heterocycles. The van der Waals surface area contributed by atoms with E-state index in [1.165, 1.54) is 0 Å². The maximum Gasteiger partial charge on any atom is 0.312 e. The topological polar surface area (TPSA) is 26.3 Å². The molecule has 0 aromatic carbocycles. The van der Waals surface area contributed by atoms with Crippen molar-refractivity contribution in [2.75, 3.05) is 0 Å². The van der Waals surface area contributed by atoms with Gasteiger partial charge in [0.05, 0.1) is 5.41 Å². The van der Waals surface area contributed by atoms with Crippen molar-refractivity contribution in [3.63, 3.8) is 0 Å². The SMILES string of the molecule is CCC(C)(CC)OC(=O)C(CC)(CC)CC. The first-order valence-electron chi connectivity index (χ1n) is 6.67. The number of carbonyl (C=O) groups is 1. The second-order valence-corrected chi connectivity index (χ2v) is 4.89. The van der Waals surface area contributed by atoms with Crippen molar-refractivity contribution < 1.29 is 9.53 Å². The first-order chi connectivity index (χ1) is 7.43. The molecule has 16 heavy (non-hydrogen) atoms. The van der Waals surface area contributed by atoms with Crippen LogP contribution >= 0.6 is 0 Å². The summed E-state index contributed by atoms with van der Waals surface area (Å²) in [7, 11) is 0. The third-order valence-corrected chi connectivity index (χ3v) is 4.30. The van der Waals surface area contributed by atoms with E-state index in [1.54, 1.807) is 0 Å². The van der Waals surface area contributed by atoms with E-state index in [9.17, 15) is 4.79 Å². The Balaban J connectivity index is 4.78. The summed E-state index contributed by atoms with van der Waals surface area (Å²) >= 11 is 0. The van der Waals surface area contributed by atoms with Gasteiger partial charge >= 0.3 is 5.97 Å².